The Morgan fingerprint density at radius 1 is 0.795 bits per heavy atom. The van der Waals surface area contributed by atoms with E-state index in [1.54, 1.807) is 30.5 Å². The van der Waals surface area contributed by atoms with E-state index in [-0.39, 0.29) is 27.8 Å². The number of esters is 3. The Bertz CT molecular complexity index is 1880. The first kappa shape index (κ1) is 33.2. The van der Waals surface area contributed by atoms with Gasteiger partial charge in [0.2, 0.25) is 0 Å². The van der Waals surface area contributed by atoms with Crippen LogP contribution in [-0.4, -0.2) is 71.4 Å². The van der Waals surface area contributed by atoms with Gasteiger partial charge >= 0.3 is 25.0 Å². The molecule has 3 heterocycles. The molecule has 0 saturated heterocycles. The van der Waals surface area contributed by atoms with Crippen LogP contribution in [0.25, 0.3) is 21.7 Å². The Morgan fingerprint density at radius 3 is 1.98 bits per heavy atom. The smallest absolute Gasteiger partial charge is 0.465 e. The van der Waals surface area contributed by atoms with E-state index in [2.05, 4.69) is 29.2 Å². The van der Waals surface area contributed by atoms with Gasteiger partial charge in [-0.2, -0.15) is 0 Å². The van der Waals surface area contributed by atoms with Gasteiger partial charge in [-0.05, 0) is 41.8 Å². The third-order valence-corrected chi connectivity index (χ3v) is 6.33. The number of halogens is 1. The summed E-state index contributed by atoms with van der Waals surface area (Å²) in [5.74, 6) is -1.42. The Labute approximate surface area is 255 Å². The number of nitrogens with one attached hydrogen (secondary N) is 1. The predicted molar refractivity (Wildman–Crippen MR) is 164 cm³/mol. The molecule has 44 heavy (non-hydrogen) atoms. The number of pyridine rings is 3. The Kier molecular flexibility index (Phi) is 11.5. The molecule has 0 aliphatic heterocycles. The van der Waals surface area contributed by atoms with Crippen molar-refractivity contribution in [3.05, 3.63) is 105 Å². The first-order valence-corrected chi connectivity index (χ1v) is 12.9. The third kappa shape index (κ3) is 7.95. The van der Waals surface area contributed by atoms with E-state index in [0.29, 0.717) is 21.5 Å². The van der Waals surface area contributed by atoms with Gasteiger partial charge in [0, 0.05) is 46.8 Å². The average Bonchev–Trinajstić information content (AvgIpc) is 3.04. The quantitative estimate of drug-likeness (QED) is 0.0750. The lowest BCUT2D eigenvalue weighted by Gasteiger charge is -2.05. The van der Waals surface area contributed by atoms with Crippen molar-refractivity contribution >= 4 is 69.5 Å². The van der Waals surface area contributed by atoms with Crippen molar-refractivity contribution in [2.24, 2.45) is 0 Å². The number of fused-ring (bicyclic) bond motifs is 3. The highest BCUT2D eigenvalue weighted by molar-refractivity contribution is 6.60. The number of aromatic nitrogens is 3. The number of hydrogen-bond acceptors (Lipinski definition) is 12. The number of aromatic amines is 1. The highest BCUT2D eigenvalue weighted by atomic mass is 35.5. The van der Waals surface area contributed by atoms with Crippen molar-refractivity contribution in [2.75, 3.05) is 27.1 Å². The molecule has 5 rings (SSSR count). The highest BCUT2D eigenvalue weighted by Gasteiger charge is 2.16. The number of H-pyrrole nitrogens is 1. The second-order valence-electron chi connectivity index (χ2n) is 8.68. The van der Waals surface area contributed by atoms with E-state index >= 15 is 0 Å². The maximum Gasteiger partial charge on any atom is 0.490 e. The number of hydrogen-bond donors (Lipinski definition) is 4. The number of anilines is 1. The van der Waals surface area contributed by atoms with Crippen molar-refractivity contribution in [1.82, 2.24) is 15.0 Å². The van der Waals surface area contributed by atoms with E-state index < -0.39 is 25.0 Å². The molecule has 15 heteroatoms. The standard InChI is InChI=1S/C14H10N2O3.C8H10BNO4.C7H6ClNO2/c1-19-14(18)8-2-3-10-9-4-5-15-7-11(9)13(17)16-12(10)6-8;1-14-8(11)5-2-3-6(9(12)13)7(10)4-5;1-11-7(10)5-4-9-3-2-6(5)8/h2-7H,1H3,(H,16,17);2-4,12-13H,10H2,1H3;2-4H,1H3. The highest BCUT2D eigenvalue weighted by Crippen LogP contribution is 2.21. The zero-order valence-electron chi connectivity index (χ0n) is 23.6. The number of nitrogens with zero attached hydrogens (tertiary/aromatic N) is 2. The van der Waals surface area contributed by atoms with E-state index in [0.717, 1.165) is 10.8 Å². The number of benzene rings is 2. The predicted octanol–water partition coefficient (Wildman–Crippen LogP) is 2.12. The third-order valence-electron chi connectivity index (χ3n) is 6.00. The van der Waals surface area contributed by atoms with Gasteiger partial charge in [-0.25, -0.2) is 14.4 Å². The monoisotopic (exact) mass is 620 g/mol. The van der Waals surface area contributed by atoms with E-state index in [4.69, 9.17) is 27.4 Å². The summed E-state index contributed by atoms with van der Waals surface area (Å²) in [5, 5.41) is 20.3. The topological polar surface area (TPSA) is 204 Å². The normalized spacial score (nSPS) is 10.0. The van der Waals surface area contributed by atoms with Gasteiger partial charge in [0.25, 0.3) is 5.56 Å². The molecule has 0 amide bonds. The van der Waals surface area contributed by atoms with Crippen LogP contribution in [0.4, 0.5) is 5.69 Å². The van der Waals surface area contributed by atoms with Gasteiger partial charge in [0.15, 0.2) is 0 Å². The average molecular weight is 621 g/mol. The second-order valence-corrected chi connectivity index (χ2v) is 9.09. The summed E-state index contributed by atoms with van der Waals surface area (Å²) in [6.45, 7) is 0. The summed E-state index contributed by atoms with van der Waals surface area (Å²) in [6.07, 6.45) is 6.04. The molecule has 5 aromatic rings. The van der Waals surface area contributed by atoms with Crippen molar-refractivity contribution in [3.63, 3.8) is 0 Å². The van der Waals surface area contributed by atoms with Crippen LogP contribution in [0.2, 0.25) is 5.02 Å². The SMILES string of the molecule is COC(=O)c1ccc(B(O)O)c(N)c1.COC(=O)c1ccc2c(c1)[nH]c(=O)c1cnccc12.COC(=O)c1cnccc1Cl. The van der Waals surface area contributed by atoms with Crippen molar-refractivity contribution in [3.8, 4) is 0 Å². The number of methoxy groups -OCH3 is 3. The maximum absolute atomic E-state index is 11.9. The van der Waals surface area contributed by atoms with Crippen LogP contribution in [0.3, 0.4) is 0 Å². The van der Waals surface area contributed by atoms with Gasteiger partial charge in [-0.15, -0.1) is 0 Å². The summed E-state index contributed by atoms with van der Waals surface area (Å²) >= 11 is 5.66. The van der Waals surface area contributed by atoms with Gasteiger partial charge in [-0.3, -0.25) is 14.8 Å². The fraction of sp³-hybridized carbons (Fsp3) is 0.103. The number of nitrogen functional groups attached to an aromatic ring is 1. The zero-order valence-corrected chi connectivity index (χ0v) is 24.4. The first-order chi connectivity index (χ1) is 21.0. The molecule has 226 valence electrons. The molecule has 0 spiro atoms. The summed E-state index contributed by atoms with van der Waals surface area (Å²) in [6, 6.07) is 12.5. The van der Waals surface area contributed by atoms with Gasteiger partial charge in [0.1, 0.15) is 0 Å². The molecule has 0 fully saturated rings. The van der Waals surface area contributed by atoms with Crippen LogP contribution in [0, 0.1) is 0 Å². The van der Waals surface area contributed by atoms with E-state index in [1.807, 2.05) is 0 Å². The number of nitrogens with two attached hydrogens (primary N) is 1. The number of rotatable bonds is 4. The zero-order chi connectivity index (χ0) is 32.4. The molecular weight excluding hydrogens is 595 g/mol. The molecule has 13 nitrogen and oxygen atoms in total. The Balaban J connectivity index is 0.000000189. The number of ether oxygens (including phenoxy) is 3. The molecule has 3 aromatic heterocycles. The molecule has 0 atom stereocenters. The van der Waals surface area contributed by atoms with Crippen molar-refractivity contribution in [1.29, 1.82) is 0 Å². The van der Waals surface area contributed by atoms with Crippen LogP contribution in [0.1, 0.15) is 31.1 Å². The minimum atomic E-state index is -1.64. The lowest BCUT2D eigenvalue weighted by Crippen LogP contribution is -2.32. The molecular formula is C29H26BClN4O9. The van der Waals surface area contributed by atoms with Crippen LogP contribution >= 0.6 is 11.6 Å². The van der Waals surface area contributed by atoms with Gasteiger partial charge < -0.3 is 35.0 Å². The Morgan fingerprint density at radius 2 is 1.39 bits per heavy atom. The molecule has 0 unspecified atom stereocenters. The fourth-order valence-electron chi connectivity index (χ4n) is 3.82. The molecule has 0 saturated carbocycles. The molecule has 2 aromatic carbocycles. The minimum absolute atomic E-state index is 0.142. The summed E-state index contributed by atoms with van der Waals surface area (Å²) in [5.41, 5.74) is 7.14. The van der Waals surface area contributed by atoms with Crippen LogP contribution in [-0.2, 0) is 14.2 Å². The van der Waals surface area contributed by atoms with Crippen LogP contribution in [0.15, 0.2) is 78.1 Å². The first-order valence-electron chi connectivity index (χ1n) is 12.5. The fourth-order valence-corrected chi connectivity index (χ4v) is 4.00. The lowest BCUT2D eigenvalue weighted by molar-refractivity contribution is 0.0591. The summed E-state index contributed by atoms with van der Waals surface area (Å²) in [4.78, 5) is 55.8. The van der Waals surface area contributed by atoms with Gasteiger partial charge in [0.05, 0.1) is 48.4 Å². The number of carbonyl (C=O) groups excluding carboxylic acids is 3. The van der Waals surface area contributed by atoms with E-state index in [9.17, 15) is 19.2 Å². The Hall–Kier alpha value is -5.31. The van der Waals surface area contributed by atoms with E-state index in [1.165, 1.54) is 64.2 Å². The minimum Gasteiger partial charge on any atom is -0.465 e. The van der Waals surface area contributed by atoms with Gasteiger partial charge in [-0.1, -0.05) is 23.7 Å². The second kappa shape index (κ2) is 15.2. The molecule has 5 N–H and O–H groups in total. The molecule has 0 aliphatic rings. The van der Waals surface area contributed by atoms with Crippen LogP contribution < -0.4 is 16.8 Å². The summed E-state index contributed by atoms with van der Waals surface area (Å²) in [7, 11) is 2.24. The van der Waals surface area contributed by atoms with Crippen molar-refractivity contribution in [2.45, 2.75) is 0 Å². The number of carbonyl (C=O) groups is 3. The van der Waals surface area contributed by atoms with Crippen LogP contribution in [0.5, 0.6) is 0 Å². The maximum atomic E-state index is 11.9. The summed E-state index contributed by atoms with van der Waals surface area (Å²) < 4.78 is 13.6. The molecule has 0 aliphatic carbocycles. The van der Waals surface area contributed by atoms with Crippen molar-refractivity contribution < 1.29 is 38.6 Å². The molecule has 0 radical (unpaired) electrons. The largest absolute Gasteiger partial charge is 0.490 e. The lowest BCUT2D eigenvalue weighted by atomic mass is 9.78. The molecule has 0 bridgehead atoms.